The summed E-state index contributed by atoms with van der Waals surface area (Å²) >= 11 is 6.07. The van der Waals surface area contributed by atoms with E-state index in [1.165, 1.54) is 11.9 Å². The molecule has 0 aliphatic carbocycles. The molecule has 0 aromatic heterocycles. The van der Waals surface area contributed by atoms with Crippen LogP contribution in [0.25, 0.3) is 0 Å². The molecule has 202 valence electrons. The third-order valence-corrected chi connectivity index (χ3v) is 7.64. The summed E-state index contributed by atoms with van der Waals surface area (Å²) in [4.78, 5) is 17.0. The van der Waals surface area contributed by atoms with Gasteiger partial charge in [0.05, 0.1) is 11.1 Å². The summed E-state index contributed by atoms with van der Waals surface area (Å²) in [5.74, 6) is -1.07. The van der Waals surface area contributed by atoms with E-state index < -0.39 is 41.0 Å². The quantitative estimate of drug-likeness (QED) is 0.473. The van der Waals surface area contributed by atoms with E-state index in [0.717, 1.165) is 31.5 Å². The third-order valence-electron chi connectivity index (χ3n) is 7.38. The number of likely N-dealkylation sites (N-methyl/N-ethyl adjacent to an activating group) is 1. The van der Waals surface area contributed by atoms with Crippen LogP contribution < -0.4 is 5.32 Å². The Morgan fingerprint density at radius 1 is 0.946 bits per heavy atom. The molecule has 2 saturated heterocycles. The van der Waals surface area contributed by atoms with E-state index in [0.29, 0.717) is 42.7 Å². The second kappa shape index (κ2) is 10.8. The molecule has 11 heteroatoms. The van der Waals surface area contributed by atoms with Crippen molar-refractivity contribution in [1.29, 1.82) is 0 Å². The van der Waals surface area contributed by atoms with Crippen LogP contribution in [0.4, 0.5) is 26.3 Å². The molecule has 2 aliphatic rings. The van der Waals surface area contributed by atoms with Crippen molar-refractivity contribution in [3.8, 4) is 0 Å². The van der Waals surface area contributed by atoms with E-state index >= 15 is 0 Å². The minimum Gasteiger partial charge on any atom is -0.338 e. The van der Waals surface area contributed by atoms with Crippen molar-refractivity contribution in [3.63, 3.8) is 0 Å². The zero-order chi connectivity index (χ0) is 27.0. The second-order valence-electron chi connectivity index (χ2n) is 9.70. The van der Waals surface area contributed by atoms with Gasteiger partial charge in [0, 0.05) is 48.7 Å². The lowest BCUT2D eigenvalue weighted by atomic mass is 9.83. The van der Waals surface area contributed by atoms with Gasteiger partial charge in [0.1, 0.15) is 0 Å². The number of likely N-dealkylation sites (tertiary alicyclic amines) is 1. The Morgan fingerprint density at radius 3 is 2.05 bits per heavy atom. The fourth-order valence-corrected chi connectivity index (χ4v) is 5.53. The Kier molecular flexibility index (Phi) is 8.11. The molecule has 2 atom stereocenters. The average molecular weight is 548 g/mol. The summed E-state index contributed by atoms with van der Waals surface area (Å²) in [6, 6.07) is 8.16. The van der Waals surface area contributed by atoms with Crippen LogP contribution in [-0.2, 0) is 12.4 Å². The number of rotatable bonds is 4. The summed E-state index contributed by atoms with van der Waals surface area (Å²) in [6.07, 6.45) is -7.55. The first kappa shape index (κ1) is 27.7. The van der Waals surface area contributed by atoms with Crippen LogP contribution in [0.3, 0.4) is 0 Å². The first-order valence-corrected chi connectivity index (χ1v) is 12.5. The number of amides is 1. The molecule has 0 spiro atoms. The number of hydrogen-bond donors (Lipinski definition) is 1. The maximum absolute atomic E-state index is 13.4. The molecule has 1 amide bonds. The SMILES string of the molecule is CN(C(=O)c1cc(C(F)(F)F)cc(C(F)(F)F)c1)C1CCN(C2CCNCC2)CC1c1ccc(Cl)cc1. The molecule has 2 aromatic rings. The minimum absolute atomic E-state index is 0.0325. The highest BCUT2D eigenvalue weighted by Gasteiger charge is 2.40. The van der Waals surface area contributed by atoms with E-state index in [4.69, 9.17) is 11.6 Å². The minimum atomic E-state index is -5.03. The summed E-state index contributed by atoms with van der Waals surface area (Å²) < 4.78 is 80.3. The molecular formula is C26H28ClF6N3O. The first-order chi connectivity index (χ1) is 17.3. The monoisotopic (exact) mass is 547 g/mol. The average Bonchev–Trinajstić information content (AvgIpc) is 2.87. The predicted molar refractivity (Wildman–Crippen MR) is 129 cm³/mol. The van der Waals surface area contributed by atoms with Crippen molar-refractivity contribution in [2.75, 3.05) is 33.2 Å². The first-order valence-electron chi connectivity index (χ1n) is 12.1. The third kappa shape index (κ3) is 6.41. The normalized spacial score (nSPS) is 22.2. The molecule has 4 nitrogen and oxygen atoms in total. The summed E-state index contributed by atoms with van der Waals surface area (Å²) in [5.41, 5.74) is -2.74. The fourth-order valence-electron chi connectivity index (χ4n) is 5.40. The van der Waals surface area contributed by atoms with E-state index in [2.05, 4.69) is 10.2 Å². The number of alkyl halides is 6. The van der Waals surface area contributed by atoms with Crippen LogP contribution >= 0.6 is 11.6 Å². The van der Waals surface area contributed by atoms with Gasteiger partial charge in [0.2, 0.25) is 0 Å². The van der Waals surface area contributed by atoms with Gasteiger partial charge in [-0.25, -0.2) is 0 Å². The molecule has 2 fully saturated rings. The molecule has 4 rings (SSSR count). The van der Waals surface area contributed by atoms with Crippen LogP contribution in [0.1, 0.15) is 52.2 Å². The van der Waals surface area contributed by atoms with Gasteiger partial charge in [0.25, 0.3) is 5.91 Å². The fraction of sp³-hybridized carbons (Fsp3) is 0.500. The molecular weight excluding hydrogens is 520 g/mol. The Morgan fingerprint density at radius 2 is 1.51 bits per heavy atom. The van der Waals surface area contributed by atoms with E-state index in [1.54, 1.807) is 12.1 Å². The van der Waals surface area contributed by atoms with Crippen molar-refractivity contribution < 1.29 is 31.1 Å². The standard InChI is InChI=1S/C26H28ClF6N3O/c1-35(24(37)17-12-18(25(28,29)30)14-19(13-17)26(31,32)33)23-8-11-36(21-6-9-34-10-7-21)15-22(23)16-2-4-20(27)5-3-16/h2-5,12-14,21-23,34H,6-11,15H2,1H3. The van der Waals surface area contributed by atoms with Gasteiger partial charge in [-0.3, -0.25) is 9.69 Å². The molecule has 2 aliphatic heterocycles. The lowest BCUT2D eigenvalue weighted by Gasteiger charge is -2.46. The molecule has 0 radical (unpaired) electrons. The summed E-state index contributed by atoms with van der Waals surface area (Å²) in [7, 11) is 1.45. The van der Waals surface area contributed by atoms with Crippen LogP contribution in [0.2, 0.25) is 5.02 Å². The Balaban J connectivity index is 1.65. The maximum atomic E-state index is 13.4. The Bertz CT molecular complexity index is 1070. The lowest BCUT2D eigenvalue weighted by Crippen LogP contribution is -2.54. The van der Waals surface area contributed by atoms with Crippen LogP contribution in [0.5, 0.6) is 0 Å². The zero-order valence-corrected chi connectivity index (χ0v) is 20.9. The smallest absolute Gasteiger partial charge is 0.338 e. The largest absolute Gasteiger partial charge is 0.416 e. The van der Waals surface area contributed by atoms with Crippen molar-refractivity contribution >= 4 is 17.5 Å². The predicted octanol–water partition coefficient (Wildman–Crippen LogP) is 6.06. The van der Waals surface area contributed by atoms with Gasteiger partial charge in [-0.1, -0.05) is 23.7 Å². The lowest BCUT2D eigenvalue weighted by molar-refractivity contribution is -0.143. The van der Waals surface area contributed by atoms with Crippen molar-refractivity contribution in [2.45, 2.75) is 49.6 Å². The number of carbonyl (C=O) groups excluding carboxylic acids is 1. The zero-order valence-electron chi connectivity index (χ0n) is 20.2. The Labute approximate surface area is 216 Å². The highest BCUT2D eigenvalue weighted by atomic mass is 35.5. The number of benzene rings is 2. The second-order valence-corrected chi connectivity index (χ2v) is 10.1. The maximum Gasteiger partial charge on any atom is 0.416 e. The van der Waals surface area contributed by atoms with Crippen LogP contribution in [0.15, 0.2) is 42.5 Å². The number of nitrogens with zero attached hydrogens (tertiary/aromatic N) is 2. The number of carbonyl (C=O) groups is 1. The molecule has 1 N–H and O–H groups in total. The molecule has 2 aromatic carbocycles. The van der Waals surface area contributed by atoms with Crippen molar-refractivity contribution in [1.82, 2.24) is 15.1 Å². The summed E-state index contributed by atoms with van der Waals surface area (Å²) in [5, 5.41) is 3.88. The number of hydrogen-bond acceptors (Lipinski definition) is 3. The van der Waals surface area contributed by atoms with Crippen molar-refractivity contribution in [2.24, 2.45) is 0 Å². The van der Waals surface area contributed by atoms with Gasteiger partial charge in [0.15, 0.2) is 0 Å². The highest BCUT2D eigenvalue weighted by molar-refractivity contribution is 6.30. The molecule has 37 heavy (non-hydrogen) atoms. The van der Waals surface area contributed by atoms with Gasteiger partial charge < -0.3 is 10.2 Å². The Hall–Kier alpha value is -2.30. The number of piperidine rings is 2. The molecule has 2 unspecified atom stereocenters. The molecule has 2 heterocycles. The molecule has 0 saturated carbocycles. The van der Waals surface area contributed by atoms with Gasteiger partial charge in [-0.2, -0.15) is 26.3 Å². The van der Waals surface area contributed by atoms with E-state index in [9.17, 15) is 31.1 Å². The van der Waals surface area contributed by atoms with Gasteiger partial charge in [-0.15, -0.1) is 0 Å². The van der Waals surface area contributed by atoms with Gasteiger partial charge >= 0.3 is 12.4 Å². The van der Waals surface area contributed by atoms with E-state index in [1.807, 2.05) is 12.1 Å². The van der Waals surface area contributed by atoms with Crippen molar-refractivity contribution in [3.05, 3.63) is 69.7 Å². The topological polar surface area (TPSA) is 35.6 Å². The number of halogens is 7. The van der Waals surface area contributed by atoms with Gasteiger partial charge in [-0.05, 0) is 68.2 Å². The highest BCUT2D eigenvalue weighted by Crippen LogP contribution is 2.38. The van der Waals surface area contributed by atoms with Crippen LogP contribution in [-0.4, -0.2) is 61.0 Å². The summed E-state index contributed by atoms with van der Waals surface area (Å²) in [6.45, 7) is 3.11. The van der Waals surface area contributed by atoms with Crippen LogP contribution in [0, 0.1) is 0 Å². The van der Waals surface area contributed by atoms with E-state index in [-0.39, 0.29) is 12.0 Å². The molecule has 0 bridgehead atoms. The number of nitrogens with one attached hydrogen (secondary N) is 1.